The molecule has 24 heavy (non-hydrogen) atoms. The molecule has 0 amide bonds. The molecule has 0 atom stereocenters. The van der Waals surface area contributed by atoms with Crippen LogP contribution < -0.4 is 5.32 Å². The molecule has 3 rings (SSSR count). The third kappa shape index (κ3) is 3.12. The van der Waals surface area contributed by atoms with E-state index < -0.39 is 5.97 Å². The summed E-state index contributed by atoms with van der Waals surface area (Å²) in [7, 11) is 0. The first kappa shape index (κ1) is 16.4. The van der Waals surface area contributed by atoms with Crippen LogP contribution in [0.5, 0.6) is 0 Å². The van der Waals surface area contributed by atoms with Crippen LogP contribution in [0.4, 0.5) is 5.13 Å². The Bertz CT molecular complexity index is 888. The Hall–Kier alpha value is -2.41. The van der Waals surface area contributed by atoms with E-state index in [9.17, 15) is 9.90 Å². The minimum absolute atomic E-state index is 0.0563. The summed E-state index contributed by atoms with van der Waals surface area (Å²) in [5.41, 5.74) is 2.69. The molecule has 6 nitrogen and oxygen atoms in total. The molecule has 0 aliphatic carbocycles. The second-order valence-corrected chi connectivity index (χ2v) is 7.75. The molecule has 1 aromatic carbocycles. The zero-order valence-electron chi connectivity index (χ0n) is 14.1. The minimum atomic E-state index is -1.03. The molecule has 0 radical (unpaired) electrons. The van der Waals surface area contributed by atoms with E-state index in [1.54, 1.807) is 4.68 Å². The fraction of sp³-hybridized carbons (Fsp3) is 0.353. The predicted octanol–water partition coefficient (Wildman–Crippen LogP) is 3.87. The highest BCUT2D eigenvalue weighted by molar-refractivity contribution is 7.22. The van der Waals surface area contributed by atoms with E-state index in [1.807, 2.05) is 20.8 Å². The summed E-state index contributed by atoms with van der Waals surface area (Å²) < 4.78 is 2.28. The largest absolute Gasteiger partial charge is 0.476 e. The van der Waals surface area contributed by atoms with Gasteiger partial charge in [-0.1, -0.05) is 41.2 Å². The van der Waals surface area contributed by atoms with Crippen LogP contribution in [-0.4, -0.2) is 25.8 Å². The van der Waals surface area contributed by atoms with Crippen molar-refractivity contribution in [1.82, 2.24) is 14.8 Å². The first-order chi connectivity index (χ1) is 11.3. The van der Waals surface area contributed by atoms with Gasteiger partial charge in [-0.2, -0.15) is 5.10 Å². The number of carboxylic acids is 1. The number of nitrogens with one attached hydrogen (secondary N) is 1. The predicted molar refractivity (Wildman–Crippen MR) is 95.9 cm³/mol. The van der Waals surface area contributed by atoms with Gasteiger partial charge < -0.3 is 10.4 Å². The molecule has 0 bridgehead atoms. The number of fused-ring (bicyclic) bond motifs is 1. The number of benzene rings is 1. The van der Waals surface area contributed by atoms with Crippen LogP contribution in [0.25, 0.3) is 10.3 Å². The maximum atomic E-state index is 11.5. The fourth-order valence-electron chi connectivity index (χ4n) is 2.37. The van der Waals surface area contributed by atoms with E-state index >= 15 is 0 Å². The molecular weight excluding hydrogens is 324 g/mol. The zero-order valence-corrected chi connectivity index (χ0v) is 14.9. The van der Waals surface area contributed by atoms with Gasteiger partial charge in [-0.25, -0.2) is 14.5 Å². The molecule has 0 unspecified atom stereocenters. The molecule has 2 N–H and O–H groups in total. The van der Waals surface area contributed by atoms with Gasteiger partial charge in [0.15, 0.2) is 16.5 Å². The van der Waals surface area contributed by atoms with Crippen molar-refractivity contribution in [3.8, 4) is 0 Å². The van der Waals surface area contributed by atoms with Gasteiger partial charge in [-0.15, -0.1) is 0 Å². The summed E-state index contributed by atoms with van der Waals surface area (Å²) in [5, 5.41) is 17.6. The Balaban J connectivity index is 1.92. The number of carbonyl (C=O) groups is 1. The average Bonchev–Trinajstić information content (AvgIpc) is 3.03. The van der Waals surface area contributed by atoms with Gasteiger partial charge in [0.05, 0.1) is 5.54 Å². The van der Waals surface area contributed by atoms with Crippen molar-refractivity contribution < 1.29 is 9.90 Å². The van der Waals surface area contributed by atoms with Gasteiger partial charge in [-0.3, -0.25) is 0 Å². The molecule has 2 heterocycles. The Morgan fingerprint density at radius 2 is 1.96 bits per heavy atom. The van der Waals surface area contributed by atoms with Crippen molar-refractivity contribution >= 4 is 32.8 Å². The van der Waals surface area contributed by atoms with Crippen molar-refractivity contribution in [1.29, 1.82) is 0 Å². The van der Waals surface area contributed by atoms with Gasteiger partial charge in [0.25, 0.3) is 0 Å². The molecule has 2 aromatic heterocycles. The molecule has 0 saturated heterocycles. The number of nitrogens with zero attached hydrogens (tertiary/aromatic N) is 3. The second-order valence-electron chi connectivity index (χ2n) is 6.75. The lowest BCUT2D eigenvalue weighted by Gasteiger charge is -2.19. The summed E-state index contributed by atoms with van der Waals surface area (Å²) in [6.07, 6.45) is 0. The van der Waals surface area contributed by atoms with E-state index in [1.165, 1.54) is 16.9 Å². The molecule has 0 saturated carbocycles. The molecule has 0 aliphatic rings. The number of aryl methyl sites for hydroxylation is 1. The van der Waals surface area contributed by atoms with Crippen molar-refractivity contribution in [3.63, 3.8) is 0 Å². The lowest BCUT2D eigenvalue weighted by Crippen LogP contribution is -2.23. The van der Waals surface area contributed by atoms with E-state index in [4.69, 9.17) is 0 Å². The lowest BCUT2D eigenvalue weighted by atomic mass is 10.1. The zero-order chi connectivity index (χ0) is 17.5. The number of aromatic nitrogens is 3. The molecule has 126 valence electrons. The van der Waals surface area contributed by atoms with Crippen LogP contribution in [0.3, 0.4) is 0 Å². The number of hydrogen-bond acceptors (Lipinski definition) is 5. The number of anilines is 1. The highest BCUT2D eigenvalue weighted by Gasteiger charge is 2.26. The third-order valence-electron chi connectivity index (χ3n) is 3.63. The van der Waals surface area contributed by atoms with Crippen LogP contribution in [0.2, 0.25) is 0 Å². The second kappa shape index (κ2) is 5.90. The number of carboxylic acid groups (broad SMARTS) is 1. The van der Waals surface area contributed by atoms with Crippen LogP contribution in [-0.2, 0) is 12.1 Å². The number of thiazole rings is 1. The van der Waals surface area contributed by atoms with Crippen LogP contribution in [0.15, 0.2) is 24.3 Å². The summed E-state index contributed by atoms with van der Waals surface area (Å²) in [6.45, 7) is 8.62. The highest BCUT2D eigenvalue weighted by Crippen LogP contribution is 2.32. The smallest absolute Gasteiger partial charge is 0.357 e. The average molecular weight is 344 g/mol. The van der Waals surface area contributed by atoms with E-state index in [0.29, 0.717) is 22.0 Å². The Morgan fingerprint density at radius 3 is 2.54 bits per heavy atom. The normalized spacial score (nSPS) is 11.8. The number of aromatic carboxylic acids is 1. The number of hydrogen-bond donors (Lipinski definition) is 2. The molecule has 7 heteroatoms. The maximum Gasteiger partial charge on any atom is 0.357 e. The highest BCUT2D eigenvalue weighted by atomic mass is 32.1. The summed E-state index contributed by atoms with van der Waals surface area (Å²) in [5.74, 6) is -1.03. The fourth-order valence-corrected chi connectivity index (χ4v) is 3.29. The van der Waals surface area contributed by atoms with Crippen LogP contribution >= 0.6 is 11.3 Å². The van der Waals surface area contributed by atoms with Gasteiger partial charge in [0, 0.05) is 6.54 Å². The molecule has 0 spiro atoms. The van der Waals surface area contributed by atoms with Crippen LogP contribution in [0, 0.1) is 6.92 Å². The van der Waals surface area contributed by atoms with E-state index in [0.717, 1.165) is 5.56 Å². The first-order valence-corrected chi connectivity index (χ1v) is 8.50. The van der Waals surface area contributed by atoms with Gasteiger partial charge in [0.2, 0.25) is 0 Å². The summed E-state index contributed by atoms with van der Waals surface area (Å²) in [4.78, 5) is 16.0. The monoisotopic (exact) mass is 344 g/mol. The third-order valence-corrected chi connectivity index (χ3v) is 4.64. The molecule has 3 aromatic rings. The summed E-state index contributed by atoms with van der Waals surface area (Å²) in [6, 6.07) is 8.26. The van der Waals surface area contributed by atoms with E-state index in [-0.39, 0.29) is 11.2 Å². The van der Waals surface area contributed by atoms with Crippen molar-refractivity contribution in [3.05, 3.63) is 41.1 Å². The maximum absolute atomic E-state index is 11.5. The minimum Gasteiger partial charge on any atom is -0.476 e. The number of rotatable bonds is 4. The topological polar surface area (TPSA) is 80.0 Å². The SMILES string of the molecule is Cc1ccc(CNc2nc3c(s2)c(C(=O)O)nn3C(C)(C)C)cc1. The standard InChI is InChI=1S/C17H20N4O2S/c1-10-5-7-11(8-6-10)9-18-16-19-14-13(24-16)12(15(22)23)20-21(14)17(2,3)4/h5-8H,9H2,1-4H3,(H,18,19)(H,22,23). The van der Waals surface area contributed by atoms with Gasteiger partial charge in [0.1, 0.15) is 4.70 Å². The Morgan fingerprint density at radius 1 is 1.29 bits per heavy atom. The van der Waals surface area contributed by atoms with E-state index in [2.05, 4.69) is 46.6 Å². The van der Waals surface area contributed by atoms with Gasteiger partial charge >= 0.3 is 5.97 Å². The quantitative estimate of drug-likeness (QED) is 0.751. The van der Waals surface area contributed by atoms with Crippen molar-refractivity contribution in [2.45, 2.75) is 39.8 Å². The Labute approximate surface area is 144 Å². The van der Waals surface area contributed by atoms with Crippen LogP contribution in [0.1, 0.15) is 42.4 Å². The van der Waals surface area contributed by atoms with Gasteiger partial charge in [-0.05, 0) is 33.3 Å². The summed E-state index contributed by atoms with van der Waals surface area (Å²) >= 11 is 1.33. The first-order valence-electron chi connectivity index (χ1n) is 7.68. The Kier molecular flexibility index (Phi) is 4.04. The molecular formula is C17H20N4O2S. The van der Waals surface area contributed by atoms with Crippen molar-refractivity contribution in [2.24, 2.45) is 0 Å². The lowest BCUT2D eigenvalue weighted by molar-refractivity contribution is 0.0691. The van der Waals surface area contributed by atoms with Crippen molar-refractivity contribution in [2.75, 3.05) is 5.32 Å². The molecule has 0 fully saturated rings. The molecule has 0 aliphatic heterocycles.